The van der Waals surface area contributed by atoms with Gasteiger partial charge in [0.15, 0.2) is 0 Å². The molecule has 1 heterocycles. The molecule has 1 aromatic heterocycles. The van der Waals surface area contributed by atoms with Gasteiger partial charge in [0, 0.05) is 12.1 Å². The van der Waals surface area contributed by atoms with E-state index in [4.69, 9.17) is 4.74 Å². The second kappa shape index (κ2) is 7.31. The van der Waals surface area contributed by atoms with E-state index >= 15 is 0 Å². The molecule has 19 heavy (non-hydrogen) atoms. The van der Waals surface area contributed by atoms with Gasteiger partial charge < -0.3 is 10.1 Å². The molecule has 4 heteroatoms. The van der Waals surface area contributed by atoms with E-state index in [0.29, 0.717) is 18.5 Å². The van der Waals surface area contributed by atoms with Crippen LogP contribution in [0.3, 0.4) is 0 Å². The van der Waals surface area contributed by atoms with Crippen LogP contribution in [-0.2, 0) is 0 Å². The first-order valence-electron chi connectivity index (χ1n) is 7.53. The third-order valence-corrected chi connectivity index (χ3v) is 3.56. The Morgan fingerprint density at radius 1 is 1.16 bits per heavy atom. The van der Waals surface area contributed by atoms with Gasteiger partial charge in [-0.25, -0.2) is 4.98 Å². The average Bonchev–Trinajstić information content (AvgIpc) is 2.32. The lowest BCUT2D eigenvalue weighted by Gasteiger charge is -2.21. The lowest BCUT2D eigenvalue weighted by molar-refractivity contribution is 0.325. The maximum Gasteiger partial charge on any atom is 0.218 e. The average molecular weight is 263 g/mol. The van der Waals surface area contributed by atoms with Gasteiger partial charge >= 0.3 is 0 Å². The molecule has 106 valence electrons. The van der Waals surface area contributed by atoms with Crippen LogP contribution in [0.2, 0.25) is 0 Å². The fourth-order valence-corrected chi connectivity index (χ4v) is 2.65. The van der Waals surface area contributed by atoms with Gasteiger partial charge in [-0.3, -0.25) is 0 Å². The summed E-state index contributed by atoms with van der Waals surface area (Å²) in [5.74, 6) is 2.34. The van der Waals surface area contributed by atoms with Gasteiger partial charge in [0.2, 0.25) is 5.88 Å². The van der Waals surface area contributed by atoms with Crippen molar-refractivity contribution in [3.05, 3.63) is 11.9 Å². The standard InChI is InChI=1S/C15H25N3O/c1-3-19-15-11-14(16-12(2)17-15)18-13-9-7-5-4-6-8-10-13/h11,13H,3-10H2,1-2H3,(H,16,17,18). The molecule has 0 atom stereocenters. The van der Waals surface area contributed by atoms with Crippen molar-refractivity contribution in [3.8, 4) is 5.88 Å². The first-order chi connectivity index (χ1) is 9.28. The van der Waals surface area contributed by atoms with Gasteiger partial charge in [-0.15, -0.1) is 0 Å². The second-order valence-electron chi connectivity index (χ2n) is 5.26. The molecule has 0 bridgehead atoms. The molecule has 1 fully saturated rings. The zero-order chi connectivity index (χ0) is 13.5. The number of nitrogens with one attached hydrogen (secondary N) is 1. The molecule has 1 saturated carbocycles. The van der Waals surface area contributed by atoms with Crippen LogP contribution in [0, 0.1) is 6.92 Å². The molecular formula is C15H25N3O. The largest absolute Gasteiger partial charge is 0.478 e. The van der Waals surface area contributed by atoms with Gasteiger partial charge in [0.25, 0.3) is 0 Å². The van der Waals surface area contributed by atoms with E-state index in [0.717, 1.165) is 11.6 Å². The molecule has 0 aromatic carbocycles. The molecule has 0 amide bonds. The van der Waals surface area contributed by atoms with Crippen LogP contribution in [0.1, 0.15) is 57.7 Å². The number of ether oxygens (including phenoxy) is 1. The minimum atomic E-state index is 0.545. The number of aromatic nitrogens is 2. The fourth-order valence-electron chi connectivity index (χ4n) is 2.65. The van der Waals surface area contributed by atoms with Crippen LogP contribution in [0.25, 0.3) is 0 Å². The minimum Gasteiger partial charge on any atom is -0.478 e. The predicted octanol–water partition coefficient (Wildman–Crippen LogP) is 3.71. The lowest BCUT2D eigenvalue weighted by Crippen LogP contribution is -2.21. The highest BCUT2D eigenvalue weighted by Crippen LogP contribution is 2.21. The maximum atomic E-state index is 5.47. The third-order valence-electron chi connectivity index (χ3n) is 3.56. The molecule has 0 aliphatic heterocycles. The summed E-state index contributed by atoms with van der Waals surface area (Å²) in [6.45, 7) is 4.52. The fraction of sp³-hybridized carbons (Fsp3) is 0.733. The Hall–Kier alpha value is -1.32. The Kier molecular flexibility index (Phi) is 5.43. The molecule has 4 nitrogen and oxygen atoms in total. The summed E-state index contributed by atoms with van der Waals surface area (Å²) in [6.07, 6.45) is 9.25. The maximum absolute atomic E-state index is 5.47. The van der Waals surface area contributed by atoms with Crippen LogP contribution >= 0.6 is 0 Å². The van der Waals surface area contributed by atoms with Crippen LogP contribution in [0.4, 0.5) is 5.82 Å². The van der Waals surface area contributed by atoms with Crippen molar-refractivity contribution >= 4 is 5.82 Å². The quantitative estimate of drug-likeness (QED) is 0.899. The number of nitrogens with zero attached hydrogens (tertiary/aromatic N) is 2. The van der Waals surface area contributed by atoms with Crippen molar-refractivity contribution in [3.63, 3.8) is 0 Å². The summed E-state index contributed by atoms with van der Waals surface area (Å²) in [7, 11) is 0. The Balaban J connectivity index is 1.99. The van der Waals surface area contributed by atoms with E-state index in [1.54, 1.807) is 0 Å². The summed E-state index contributed by atoms with van der Waals surface area (Å²) < 4.78 is 5.47. The summed E-state index contributed by atoms with van der Waals surface area (Å²) in [4.78, 5) is 8.74. The summed E-state index contributed by atoms with van der Waals surface area (Å²) in [5.41, 5.74) is 0. The molecule has 1 N–H and O–H groups in total. The molecule has 1 aromatic rings. The predicted molar refractivity (Wildman–Crippen MR) is 77.7 cm³/mol. The number of rotatable bonds is 4. The van der Waals surface area contributed by atoms with E-state index in [1.165, 1.54) is 44.9 Å². The Labute approximate surface area is 116 Å². The van der Waals surface area contributed by atoms with Gasteiger partial charge in [-0.1, -0.05) is 32.1 Å². The summed E-state index contributed by atoms with van der Waals surface area (Å²) in [5, 5.41) is 3.56. The Morgan fingerprint density at radius 2 is 1.84 bits per heavy atom. The summed E-state index contributed by atoms with van der Waals surface area (Å²) >= 11 is 0. The zero-order valence-corrected chi connectivity index (χ0v) is 12.1. The number of aryl methyl sites for hydroxylation is 1. The van der Waals surface area contributed by atoms with Gasteiger partial charge in [-0.2, -0.15) is 4.98 Å². The van der Waals surface area contributed by atoms with Gasteiger partial charge in [-0.05, 0) is 26.7 Å². The van der Waals surface area contributed by atoms with Crippen LogP contribution < -0.4 is 10.1 Å². The van der Waals surface area contributed by atoms with Gasteiger partial charge in [0.05, 0.1) is 6.61 Å². The highest BCUT2D eigenvalue weighted by Gasteiger charge is 2.12. The number of hydrogen-bond acceptors (Lipinski definition) is 4. The van der Waals surface area contributed by atoms with E-state index in [2.05, 4.69) is 15.3 Å². The molecule has 0 saturated heterocycles. The molecule has 0 unspecified atom stereocenters. The van der Waals surface area contributed by atoms with Crippen molar-refractivity contribution in [2.75, 3.05) is 11.9 Å². The highest BCUT2D eigenvalue weighted by atomic mass is 16.5. The first kappa shape index (κ1) is 14.1. The third kappa shape index (κ3) is 4.69. The lowest BCUT2D eigenvalue weighted by atomic mass is 9.97. The Bertz CT molecular complexity index is 387. The van der Waals surface area contributed by atoms with Crippen molar-refractivity contribution in [2.24, 2.45) is 0 Å². The summed E-state index contributed by atoms with van der Waals surface area (Å²) in [6, 6.07) is 2.46. The van der Waals surface area contributed by atoms with Crippen LogP contribution in [-0.4, -0.2) is 22.6 Å². The normalized spacial score (nSPS) is 17.6. The minimum absolute atomic E-state index is 0.545. The van der Waals surface area contributed by atoms with Crippen molar-refractivity contribution in [1.29, 1.82) is 0 Å². The van der Waals surface area contributed by atoms with E-state index in [-0.39, 0.29) is 0 Å². The van der Waals surface area contributed by atoms with Crippen LogP contribution in [0.5, 0.6) is 5.88 Å². The highest BCUT2D eigenvalue weighted by molar-refractivity contribution is 5.39. The van der Waals surface area contributed by atoms with Crippen molar-refractivity contribution in [2.45, 2.75) is 64.8 Å². The molecule has 1 aliphatic rings. The van der Waals surface area contributed by atoms with Crippen LogP contribution in [0.15, 0.2) is 6.07 Å². The number of anilines is 1. The zero-order valence-electron chi connectivity index (χ0n) is 12.1. The van der Waals surface area contributed by atoms with Gasteiger partial charge in [0.1, 0.15) is 11.6 Å². The Morgan fingerprint density at radius 3 is 2.53 bits per heavy atom. The molecule has 2 rings (SSSR count). The molecule has 0 spiro atoms. The van der Waals surface area contributed by atoms with E-state index in [1.807, 2.05) is 19.9 Å². The monoisotopic (exact) mass is 263 g/mol. The number of hydrogen-bond donors (Lipinski definition) is 1. The van der Waals surface area contributed by atoms with E-state index in [9.17, 15) is 0 Å². The molecular weight excluding hydrogens is 238 g/mol. The first-order valence-corrected chi connectivity index (χ1v) is 7.53. The molecule has 1 aliphatic carbocycles. The van der Waals surface area contributed by atoms with Crippen molar-refractivity contribution < 1.29 is 4.74 Å². The smallest absolute Gasteiger partial charge is 0.218 e. The topological polar surface area (TPSA) is 47.0 Å². The second-order valence-corrected chi connectivity index (χ2v) is 5.26. The molecule has 0 radical (unpaired) electrons. The SMILES string of the molecule is CCOc1cc(NC2CCCCCCC2)nc(C)n1. The van der Waals surface area contributed by atoms with E-state index < -0.39 is 0 Å². The van der Waals surface area contributed by atoms with Crippen molar-refractivity contribution in [1.82, 2.24) is 9.97 Å².